The normalized spacial score (nSPS) is 11.3. The van der Waals surface area contributed by atoms with Crippen molar-refractivity contribution in [3.05, 3.63) is 220 Å². The van der Waals surface area contributed by atoms with Gasteiger partial charge in [-0.3, -0.25) is 0 Å². The van der Waals surface area contributed by atoms with Crippen LogP contribution < -0.4 is 18.9 Å². The summed E-state index contributed by atoms with van der Waals surface area (Å²) in [5.41, 5.74) is 7.94. The van der Waals surface area contributed by atoms with E-state index in [0.717, 1.165) is 33.4 Å². The lowest BCUT2D eigenvalue weighted by Crippen LogP contribution is -2.19. The van der Waals surface area contributed by atoms with Crippen molar-refractivity contribution in [2.75, 3.05) is 7.11 Å². The molecule has 0 bridgehead atoms. The summed E-state index contributed by atoms with van der Waals surface area (Å²) in [6.07, 6.45) is -2.30. The third-order valence-electron chi connectivity index (χ3n) is 11.8. The van der Waals surface area contributed by atoms with E-state index in [4.69, 9.17) is 23.7 Å². The van der Waals surface area contributed by atoms with Gasteiger partial charge >= 0.3 is 18.5 Å². The van der Waals surface area contributed by atoms with Gasteiger partial charge in [0, 0.05) is 16.2 Å². The van der Waals surface area contributed by atoms with Crippen LogP contribution >= 0.6 is 0 Å². The van der Waals surface area contributed by atoms with Crippen LogP contribution in [0.25, 0.3) is 0 Å². The third-order valence-corrected chi connectivity index (χ3v) is 11.8. The van der Waals surface area contributed by atoms with E-state index in [-0.39, 0.29) is 28.6 Å². The number of aromatic hydroxyl groups is 1. The summed E-state index contributed by atoms with van der Waals surface area (Å²) in [6, 6.07) is 54.4. The van der Waals surface area contributed by atoms with Gasteiger partial charge in [0.25, 0.3) is 0 Å². The van der Waals surface area contributed by atoms with Crippen LogP contribution in [-0.2, 0) is 32.3 Å². The van der Waals surface area contributed by atoms with Crippen molar-refractivity contribution in [1.82, 2.24) is 0 Å². The SMILES string of the molecule is COC(=O)OCc1ccc(C(C)(C)c2ccc(O)cc2)cc1.Cc1ccc(C(C)(C)c2ccc(OC(=O)Oc3ccc(C(C)(C)c4ccc(OC(=O)Oc5ccccc5)cc4)cc3)cc2)cc1. The Morgan fingerprint density at radius 1 is 0.403 bits per heavy atom. The van der Waals surface area contributed by atoms with Crippen molar-refractivity contribution >= 4 is 18.5 Å². The van der Waals surface area contributed by atoms with Crippen molar-refractivity contribution < 1.29 is 47.9 Å². The zero-order valence-electron chi connectivity index (χ0n) is 39.1. The molecule has 10 heteroatoms. The molecule has 0 spiro atoms. The van der Waals surface area contributed by atoms with Crippen LogP contribution in [0, 0.1) is 6.92 Å². The summed E-state index contributed by atoms with van der Waals surface area (Å²) in [6.45, 7) is 15.0. The number of hydrogen-bond donors (Lipinski definition) is 1. The molecule has 67 heavy (non-hydrogen) atoms. The highest BCUT2D eigenvalue weighted by Gasteiger charge is 2.26. The molecule has 7 aromatic rings. The monoisotopic (exact) mass is 900 g/mol. The Morgan fingerprint density at radius 3 is 1.04 bits per heavy atom. The molecule has 0 aliphatic rings. The van der Waals surface area contributed by atoms with Crippen molar-refractivity contribution in [2.24, 2.45) is 0 Å². The van der Waals surface area contributed by atoms with Crippen molar-refractivity contribution in [1.29, 1.82) is 0 Å². The number of hydrogen-bond acceptors (Lipinski definition) is 10. The minimum Gasteiger partial charge on any atom is -0.508 e. The average Bonchev–Trinajstić information content (AvgIpc) is 3.32. The fraction of sp³-hybridized carbons (Fsp3) is 0.211. The van der Waals surface area contributed by atoms with Gasteiger partial charge in [0.15, 0.2) is 0 Å². The summed E-state index contributed by atoms with van der Waals surface area (Å²) in [7, 11) is 1.28. The number of carbonyl (C=O) groups is 3. The lowest BCUT2D eigenvalue weighted by Gasteiger charge is -2.26. The second-order valence-corrected chi connectivity index (χ2v) is 17.5. The van der Waals surface area contributed by atoms with E-state index in [2.05, 4.69) is 77.5 Å². The predicted octanol–water partition coefficient (Wildman–Crippen LogP) is 13.8. The molecular weight excluding hydrogens is 845 g/mol. The van der Waals surface area contributed by atoms with Crippen LogP contribution in [0.1, 0.15) is 86.1 Å². The van der Waals surface area contributed by atoms with E-state index in [1.54, 1.807) is 72.8 Å². The molecule has 7 aromatic carbocycles. The molecule has 0 aliphatic heterocycles. The second-order valence-electron chi connectivity index (χ2n) is 17.5. The zero-order chi connectivity index (χ0) is 48.2. The van der Waals surface area contributed by atoms with Gasteiger partial charge in [0.05, 0.1) is 7.11 Å². The van der Waals surface area contributed by atoms with Crippen LogP contribution in [0.3, 0.4) is 0 Å². The van der Waals surface area contributed by atoms with E-state index >= 15 is 0 Å². The van der Waals surface area contributed by atoms with Crippen LogP contribution in [0.15, 0.2) is 176 Å². The summed E-state index contributed by atoms with van der Waals surface area (Å²) >= 11 is 0. The standard InChI is InChI=1S/C39H36O6.C18H20O4/c1-27-11-13-28(14-12-27)38(2,3)29-15-21-34(22-16-29)44-37(41)45-35-25-19-31(20-26-35)39(4,5)30-17-23-33(24-18-30)43-36(40)42-32-9-7-6-8-10-32;1-18(2,15-8-10-16(19)11-9-15)14-6-4-13(5-7-14)12-22-17(20)21-3/h6-26H,1-5H3;4-11,19H,12H2,1-3H3. The number of carbonyl (C=O) groups excluding carboxylic acids is 3. The fourth-order valence-corrected chi connectivity index (χ4v) is 7.30. The minimum absolute atomic E-state index is 0.185. The summed E-state index contributed by atoms with van der Waals surface area (Å²) in [4.78, 5) is 35.6. The number of phenols is 1. The highest BCUT2D eigenvalue weighted by atomic mass is 16.7. The molecule has 10 nitrogen and oxygen atoms in total. The molecule has 0 amide bonds. The van der Waals surface area contributed by atoms with Crippen LogP contribution in [0.2, 0.25) is 0 Å². The first-order valence-electron chi connectivity index (χ1n) is 21.8. The Bertz CT molecular complexity index is 2710. The number of rotatable bonds is 12. The Morgan fingerprint density at radius 2 is 0.701 bits per heavy atom. The van der Waals surface area contributed by atoms with Crippen molar-refractivity contribution in [3.63, 3.8) is 0 Å². The number of para-hydroxylation sites is 1. The lowest BCUT2D eigenvalue weighted by molar-refractivity contribution is 0.0668. The Hall–Kier alpha value is -7.85. The van der Waals surface area contributed by atoms with Crippen LogP contribution in [-0.4, -0.2) is 30.7 Å². The number of ether oxygens (including phenoxy) is 6. The fourth-order valence-electron chi connectivity index (χ4n) is 7.30. The third kappa shape index (κ3) is 12.9. The van der Waals surface area contributed by atoms with Crippen LogP contribution in [0.5, 0.6) is 28.7 Å². The van der Waals surface area contributed by atoms with Gasteiger partial charge in [0.2, 0.25) is 0 Å². The molecule has 0 aliphatic carbocycles. The zero-order valence-corrected chi connectivity index (χ0v) is 39.1. The molecule has 344 valence electrons. The number of phenolic OH excluding ortho intramolecular Hbond substituents is 1. The first-order chi connectivity index (χ1) is 31.9. The molecule has 0 heterocycles. The smallest absolute Gasteiger partial charge is 0.508 e. The van der Waals surface area contributed by atoms with Crippen molar-refractivity contribution in [3.8, 4) is 28.7 Å². The van der Waals surface area contributed by atoms with Gasteiger partial charge in [-0.2, -0.15) is 0 Å². The molecule has 0 saturated carbocycles. The largest absolute Gasteiger partial charge is 0.519 e. The Labute approximate surface area is 392 Å². The van der Waals surface area contributed by atoms with Gasteiger partial charge in [-0.15, -0.1) is 0 Å². The number of benzene rings is 7. The molecule has 1 N–H and O–H groups in total. The van der Waals surface area contributed by atoms with E-state index in [1.807, 2.05) is 78.9 Å². The topological polar surface area (TPSA) is 127 Å². The van der Waals surface area contributed by atoms with Gasteiger partial charge in [-0.05, 0) is 107 Å². The Kier molecular flexibility index (Phi) is 15.5. The molecule has 0 fully saturated rings. The molecule has 0 aromatic heterocycles. The first-order valence-corrected chi connectivity index (χ1v) is 21.8. The maximum absolute atomic E-state index is 12.5. The van der Waals surface area contributed by atoms with Gasteiger partial charge in [-0.25, -0.2) is 14.4 Å². The van der Waals surface area contributed by atoms with Gasteiger partial charge in [-0.1, -0.05) is 162 Å². The summed E-state index contributed by atoms with van der Waals surface area (Å²) in [5.74, 6) is 1.82. The molecule has 0 saturated heterocycles. The molecule has 0 radical (unpaired) electrons. The maximum Gasteiger partial charge on any atom is 0.519 e. The number of methoxy groups -OCH3 is 1. The first kappa shape index (κ1) is 48.6. The van der Waals surface area contributed by atoms with Crippen LogP contribution in [0.4, 0.5) is 14.4 Å². The molecular formula is C57H56O10. The minimum atomic E-state index is -0.811. The van der Waals surface area contributed by atoms with E-state index < -0.39 is 18.5 Å². The highest BCUT2D eigenvalue weighted by molar-refractivity contribution is 5.68. The van der Waals surface area contributed by atoms with Crippen molar-refractivity contribution in [2.45, 2.75) is 71.3 Å². The number of aryl methyl sites for hydroxylation is 1. The second kappa shape index (κ2) is 21.4. The molecule has 0 atom stereocenters. The molecule has 7 rings (SSSR count). The highest BCUT2D eigenvalue weighted by Crippen LogP contribution is 2.36. The maximum atomic E-state index is 12.5. The van der Waals surface area contributed by atoms with E-state index in [0.29, 0.717) is 23.0 Å². The van der Waals surface area contributed by atoms with E-state index in [9.17, 15) is 19.5 Å². The predicted molar refractivity (Wildman–Crippen MR) is 258 cm³/mol. The molecule has 0 unspecified atom stereocenters. The quantitative estimate of drug-likeness (QED) is 0.0935. The van der Waals surface area contributed by atoms with E-state index in [1.165, 1.54) is 18.2 Å². The lowest BCUT2D eigenvalue weighted by atomic mass is 9.78. The summed E-state index contributed by atoms with van der Waals surface area (Å²) < 4.78 is 30.7. The summed E-state index contributed by atoms with van der Waals surface area (Å²) in [5, 5.41) is 9.40. The Balaban J connectivity index is 0.000000282. The van der Waals surface area contributed by atoms with Gasteiger partial charge in [0.1, 0.15) is 35.4 Å². The average molecular weight is 901 g/mol. The van der Waals surface area contributed by atoms with Gasteiger partial charge < -0.3 is 33.5 Å².